The van der Waals surface area contributed by atoms with E-state index >= 15 is 0 Å². The summed E-state index contributed by atoms with van der Waals surface area (Å²) in [4.78, 5) is 54.5. The maximum absolute atomic E-state index is 12.3. The van der Waals surface area contributed by atoms with Crippen LogP contribution in [0, 0.1) is 0 Å². The van der Waals surface area contributed by atoms with Crippen molar-refractivity contribution in [1.29, 1.82) is 0 Å². The number of Topliss-reactive ketones (excluding diaryl/α,β-unsaturated/α-hetero) is 1. The quantitative estimate of drug-likeness (QED) is 0.172. The van der Waals surface area contributed by atoms with Crippen molar-refractivity contribution in [2.45, 2.75) is 13.8 Å². The van der Waals surface area contributed by atoms with Crippen molar-refractivity contribution in [3.05, 3.63) is 34.8 Å². The minimum atomic E-state index is -0.656. The highest BCUT2D eigenvalue weighted by Crippen LogP contribution is 2.29. The Morgan fingerprint density at radius 2 is 1.86 bits per heavy atom. The molecule has 0 aliphatic carbocycles. The maximum atomic E-state index is 12.3. The number of aromatic nitrogens is 1. The normalized spacial score (nSPS) is 10.9. The Hall–Kier alpha value is -3.60. The molecule has 2 rings (SSSR count). The molecule has 0 aliphatic heterocycles. The fourth-order valence-corrected chi connectivity index (χ4v) is 2.49. The number of hydrogen-bond acceptors (Lipinski definition) is 11. The molecule has 0 fully saturated rings. The van der Waals surface area contributed by atoms with Gasteiger partial charge in [-0.25, -0.2) is 4.98 Å². The van der Waals surface area contributed by atoms with Gasteiger partial charge in [0, 0.05) is 24.8 Å². The highest BCUT2D eigenvalue weighted by atomic mass is 32.1. The third-order valence-corrected chi connectivity index (χ3v) is 3.70. The first-order valence-electron chi connectivity index (χ1n) is 7.70. The van der Waals surface area contributed by atoms with Crippen LogP contribution in [0.1, 0.15) is 29.9 Å². The van der Waals surface area contributed by atoms with Crippen LogP contribution in [0.2, 0.25) is 0 Å². The van der Waals surface area contributed by atoms with Gasteiger partial charge in [-0.3, -0.25) is 19.2 Å². The van der Waals surface area contributed by atoms with Crippen LogP contribution in [0.3, 0.4) is 0 Å². The monoisotopic (exact) mass is 405 g/mol. The number of oxime groups is 1. The molecular weight excluding hydrogens is 390 g/mol. The minimum Gasteiger partial charge on any atom is -0.423 e. The first-order chi connectivity index (χ1) is 13.3. The predicted octanol–water partition coefficient (Wildman–Crippen LogP) is 1.38. The summed E-state index contributed by atoms with van der Waals surface area (Å²) in [5.74, 6) is -1.90. The number of ether oxygens (including phenoxy) is 2. The van der Waals surface area contributed by atoms with Gasteiger partial charge in [0.15, 0.2) is 35.2 Å². The summed E-state index contributed by atoms with van der Waals surface area (Å²) in [6, 6.07) is 3.91. The number of hydrogen-bond donors (Lipinski definition) is 1. The van der Waals surface area contributed by atoms with E-state index in [4.69, 9.17) is 20.0 Å². The second-order valence-electron chi connectivity index (χ2n) is 5.21. The van der Waals surface area contributed by atoms with Gasteiger partial charge in [-0.15, -0.1) is 11.3 Å². The molecule has 0 radical (unpaired) electrons. The number of anilines is 1. The molecule has 0 atom stereocenters. The van der Waals surface area contributed by atoms with Crippen molar-refractivity contribution >= 4 is 46.2 Å². The topological polar surface area (TPSA) is 147 Å². The summed E-state index contributed by atoms with van der Waals surface area (Å²) in [6.45, 7) is 1.85. The molecule has 0 saturated heterocycles. The molecular formula is C17H15N3O7S. The molecule has 146 valence electrons. The summed E-state index contributed by atoms with van der Waals surface area (Å²) >= 11 is 1.12. The summed E-state index contributed by atoms with van der Waals surface area (Å²) in [7, 11) is 0. The SMILES string of the molecule is CC(=O)Oc1ccc(C(=O)CO/N=C(/C=O)c2csc(N)n2)cc1OC(C)=O. The average Bonchev–Trinajstić information content (AvgIpc) is 3.05. The fraction of sp³-hybridized carbons (Fsp3) is 0.176. The van der Waals surface area contributed by atoms with E-state index in [9.17, 15) is 19.2 Å². The van der Waals surface area contributed by atoms with Gasteiger partial charge in [-0.2, -0.15) is 0 Å². The van der Waals surface area contributed by atoms with E-state index in [1.807, 2.05) is 0 Å². The van der Waals surface area contributed by atoms with E-state index in [-0.39, 0.29) is 33.6 Å². The molecule has 2 N–H and O–H groups in total. The van der Waals surface area contributed by atoms with Gasteiger partial charge in [-0.1, -0.05) is 5.16 Å². The zero-order chi connectivity index (χ0) is 20.7. The Morgan fingerprint density at radius 3 is 2.43 bits per heavy atom. The third kappa shape index (κ3) is 5.71. The first-order valence-corrected chi connectivity index (χ1v) is 8.58. The van der Waals surface area contributed by atoms with Crippen LogP contribution >= 0.6 is 11.3 Å². The van der Waals surface area contributed by atoms with Crippen molar-refractivity contribution in [3.63, 3.8) is 0 Å². The lowest BCUT2D eigenvalue weighted by Gasteiger charge is -2.10. The minimum absolute atomic E-state index is 0.0115. The van der Waals surface area contributed by atoms with Crippen LogP contribution in [0.4, 0.5) is 5.13 Å². The molecule has 0 bridgehead atoms. The van der Waals surface area contributed by atoms with Gasteiger partial charge in [0.2, 0.25) is 5.78 Å². The number of rotatable bonds is 8. The standard InChI is InChI=1S/C17H15N3O7S/c1-9(22)26-15-4-3-11(5-16(15)27-10(2)23)14(24)7-25-20-12(6-21)13-8-28-17(18)19-13/h3-6,8H,7H2,1-2H3,(H2,18,19)/b20-12-. The van der Waals surface area contributed by atoms with Crippen molar-refractivity contribution in [1.82, 2.24) is 4.98 Å². The summed E-state index contributed by atoms with van der Waals surface area (Å²) < 4.78 is 9.88. The molecule has 1 aromatic carbocycles. The van der Waals surface area contributed by atoms with E-state index in [1.165, 1.54) is 30.5 Å². The molecule has 2 aromatic rings. The van der Waals surface area contributed by atoms with Crippen molar-refractivity contribution in [3.8, 4) is 11.5 Å². The van der Waals surface area contributed by atoms with Crippen LogP contribution in [0.5, 0.6) is 11.5 Å². The summed E-state index contributed by atoms with van der Waals surface area (Å²) in [5.41, 5.74) is 5.72. The van der Waals surface area contributed by atoms with E-state index in [0.29, 0.717) is 6.29 Å². The van der Waals surface area contributed by atoms with Crippen molar-refractivity contribution in [2.75, 3.05) is 12.3 Å². The molecule has 28 heavy (non-hydrogen) atoms. The predicted molar refractivity (Wildman–Crippen MR) is 98.5 cm³/mol. The van der Waals surface area contributed by atoms with E-state index in [2.05, 4.69) is 10.1 Å². The molecule has 10 nitrogen and oxygen atoms in total. The highest BCUT2D eigenvalue weighted by Gasteiger charge is 2.15. The summed E-state index contributed by atoms with van der Waals surface area (Å²) in [5, 5.41) is 5.36. The van der Waals surface area contributed by atoms with Crippen LogP contribution in [0.25, 0.3) is 0 Å². The average molecular weight is 405 g/mol. The van der Waals surface area contributed by atoms with Crippen LogP contribution in [-0.2, 0) is 19.2 Å². The fourth-order valence-electron chi connectivity index (χ4n) is 1.93. The number of carbonyl (C=O) groups is 4. The van der Waals surface area contributed by atoms with Crippen LogP contribution < -0.4 is 15.2 Å². The number of nitrogens with zero attached hydrogens (tertiary/aromatic N) is 2. The maximum Gasteiger partial charge on any atom is 0.308 e. The molecule has 0 amide bonds. The number of benzene rings is 1. The smallest absolute Gasteiger partial charge is 0.308 e. The third-order valence-electron chi connectivity index (χ3n) is 3.03. The molecule has 11 heteroatoms. The van der Waals surface area contributed by atoms with Gasteiger partial charge >= 0.3 is 11.9 Å². The van der Waals surface area contributed by atoms with E-state index in [0.717, 1.165) is 18.3 Å². The lowest BCUT2D eigenvalue weighted by atomic mass is 10.1. The lowest BCUT2D eigenvalue weighted by molar-refractivity contribution is -0.134. The number of nitrogens with two attached hydrogens (primary N) is 1. The van der Waals surface area contributed by atoms with Gasteiger partial charge in [0.05, 0.1) is 0 Å². The van der Waals surface area contributed by atoms with E-state index < -0.39 is 24.3 Å². The van der Waals surface area contributed by atoms with Crippen molar-refractivity contribution < 1.29 is 33.5 Å². The zero-order valence-corrected chi connectivity index (χ0v) is 15.6. The largest absolute Gasteiger partial charge is 0.423 e. The van der Waals surface area contributed by atoms with Gasteiger partial charge in [0.25, 0.3) is 0 Å². The number of ketones is 1. The number of carbonyl (C=O) groups excluding carboxylic acids is 4. The Bertz CT molecular complexity index is 952. The molecule has 1 heterocycles. The first kappa shape index (κ1) is 20.7. The van der Waals surface area contributed by atoms with Gasteiger partial charge < -0.3 is 20.0 Å². The molecule has 0 aliphatic rings. The Morgan fingerprint density at radius 1 is 1.18 bits per heavy atom. The Balaban J connectivity index is 2.12. The van der Waals surface area contributed by atoms with Crippen molar-refractivity contribution in [2.24, 2.45) is 5.16 Å². The Kier molecular flexibility index (Phi) is 6.93. The second-order valence-corrected chi connectivity index (χ2v) is 6.10. The van der Waals surface area contributed by atoms with Gasteiger partial charge in [-0.05, 0) is 18.2 Å². The number of nitrogen functional groups attached to an aromatic ring is 1. The van der Waals surface area contributed by atoms with Crippen LogP contribution in [-0.4, -0.2) is 41.3 Å². The zero-order valence-electron chi connectivity index (χ0n) is 14.8. The molecule has 0 spiro atoms. The number of esters is 2. The van der Waals surface area contributed by atoms with Crippen LogP contribution in [0.15, 0.2) is 28.7 Å². The number of aldehydes is 1. The van der Waals surface area contributed by atoms with E-state index in [1.54, 1.807) is 0 Å². The highest BCUT2D eigenvalue weighted by molar-refractivity contribution is 7.13. The summed E-state index contributed by atoms with van der Waals surface area (Å²) in [6.07, 6.45) is 0.422. The second kappa shape index (κ2) is 9.37. The van der Waals surface area contributed by atoms with Gasteiger partial charge in [0.1, 0.15) is 5.69 Å². The molecule has 0 saturated carbocycles. The molecule has 0 unspecified atom stereocenters. The Labute approximate surface area is 162 Å². The lowest BCUT2D eigenvalue weighted by Crippen LogP contribution is -2.12. The molecule has 1 aromatic heterocycles. The number of thiazole rings is 1.